The minimum atomic E-state index is -5.08. The van der Waals surface area contributed by atoms with Gasteiger partial charge < -0.3 is 15.2 Å². The Morgan fingerprint density at radius 1 is 1.20 bits per heavy atom. The lowest BCUT2D eigenvalue weighted by atomic mass is 9.89. The number of hydrogen-bond donors (Lipinski definition) is 2. The van der Waals surface area contributed by atoms with Gasteiger partial charge in [0.05, 0.1) is 25.0 Å². The molecule has 0 bridgehead atoms. The normalized spacial score (nSPS) is 14.2. The number of hydrogen-bond acceptors (Lipinski definition) is 5. The molecule has 8 nitrogen and oxygen atoms in total. The van der Waals surface area contributed by atoms with Crippen LogP contribution in [-0.2, 0) is 24.2 Å². The quantitative estimate of drug-likeness (QED) is 0.586. The zero-order chi connectivity index (χ0) is 25.2. The van der Waals surface area contributed by atoms with Gasteiger partial charge in [0.15, 0.2) is 0 Å². The Morgan fingerprint density at radius 2 is 1.91 bits per heavy atom. The first-order valence-corrected chi connectivity index (χ1v) is 10.7. The molecule has 2 N–H and O–H groups in total. The molecule has 1 aromatic carbocycles. The third kappa shape index (κ3) is 5.18. The van der Waals surface area contributed by atoms with Crippen molar-refractivity contribution in [2.24, 2.45) is 0 Å². The number of carboxylic acid groups (broad SMARTS) is 1. The number of fused-ring (bicyclic) bond motifs is 5. The van der Waals surface area contributed by atoms with E-state index in [1.807, 2.05) is 47.3 Å². The van der Waals surface area contributed by atoms with Crippen LogP contribution in [0, 0.1) is 0 Å². The number of carbonyl (C=O) groups excluding carboxylic acids is 1. The van der Waals surface area contributed by atoms with E-state index in [2.05, 4.69) is 16.4 Å². The molecule has 5 rings (SSSR count). The largest absolute Gasteiger partial charge is 0.497 e. The first-order valence-electron chi connectivity index (χ1n) is 10.7. The van der Waals surface area contributed by atoms with Gasteiger partial charge in [0.2, 0.25) is 0 Å². The Balaban J connectivity index is 0.000000364. The summed E-state index contributed by atoms with van der Waals surface area (Å²) in [4.78, 5) is 25.8. The predicted octanol–water partition coefficient (Wildman–Crippen LogP) is 3.60. The zero-order valence-corrected chi connectivity index (χ0v) is 18.6. The van der Waals surface area contributed by atoms with Gasteiger partial charge in [0.1, 0.15) is 11.4 Å². The third-order valence-electron chi connectivity index (χ3n) is 5.59. The molecule has 0 fully saturated rings. The van der Waals surface area contributed by atoms with Gasteiger partial charge in [-0.15, -0.1) is 0 Å². The maximum absolute atomic E-state index is 12.3. The number of benzene rings is 1. The van der Waals surface area contributed by atoms with Gasteiger partial charge in [-0.05, 0) is 48.2 Å². The molecule has 182 valence electrons. The van der Waals surface area contributed by atoms with Crippen molar-refractivity contribution in [2.45, 2.75) is 25.6 Å². The van der Waals surface area contributed by atoms with Crippen molar-refractivity contribution in [3.05, 3.63) is 64.6 Å². The van der Waals surface area contributed by atoms with Gasteiger partial charge >= 0.3 is 12.1 Å². The lowest BCUT2D eigenvalue weighted by molar-refractivity contribution is -0.192. The molecule has 2 aromatic heterocycles. The van der Waals surface area contributed by atoms with Crippen molar-refractivity contribution >= 4 is 24.0 Å². The second-order valence-electron chi connectivity index (χ2n) is 7.83. The first kappa shape index (κ1) is 24.0. The molecule has 0 saturated heterocycles. The first-order chi connectivity index (χ1) is 16.7. The van der Waals surface area contributed by atoms with E-state index >= 15 is 0 Å². The number of rotatable bonds is 3. The van der Waals surface area contributed by atoms with E-state index in [1.54, 1.807) is 7.11 Å². The Hall–Kier alpha value is -4.15. The highest BCUT2D eigenvalue weighted by atomic mass is 19.4. The number of ether oxygens (including phenoxy) is 1. The van der Waals surface area contributed by atoms with Gasteiger partial charge in [-0.25, -0.2) is 4.79 Å². The molecule has 0 unspecified atom stereocenters. The van der Waals surface area contributed by atoms with Crippen LogP contribution in [0.3, 0.4) is 0 Å². The van der Waals surface area contributed by atoms with E-state index in [-0.39, 0.29) is 5.91 Å². The van der Waals surface area contributed by atoms with E-state index < -0.39 is 12.1 Å². The van der Waals surface area contributed by atoms with Crippen LogP contribution in [-0.4, -0.2) is 51.6 Å². The average Bonchev–Trinajstić information content (AvgIpc) is 3.23. The van der Waals surface area contributed by atoms with Crippen molar-refractivity contribution in [3.63, 3.8) is 0 Å². The summed E-state index contributed by atoms with van der Waals surface area (Å²) < 4.78 is 38.8. The van der Waals surface area contributed by atoms with Crippen LogP contribution in [0.25, 0.3) is 23.4 Å². The lowest BCUT2D eigenvalue weighted by Gasteiger charge is -2.17. The molecule has 0 spiro atoms. The fourth-order valence-corrected chi connectivity index (χ4v) is 3.89. The molecule has 2 aliphatic rings. The van der Waals surface area contributed by atoms with E-state index in [1.165, 1.54) is 5.56 Å². The minimum Gasteiger partial charge on any atom is -0.497 e. The maximum Gasteiger partial charge on any atom is 0.490 e. The van der Waals surface area contributed by atoms with Crippen LogP contribution in [0.4, 0.5) is 13.2 Å². The summed E-state index contributed by atoms with van der Waals surface area (Å²) in [6.45, 7) is 1.35. The van der Waals surface area contributed by atoms with Crippen LogP contribution < -0.4 is 10.1 Å². The van der Waals surface area contributed by atoms with Gasteiger partial charge in [-0.3, -0.25) is 14.5 Å². The molecular formula is C24H21F3N4O4. The smallest absolute Gasteiger partial charge is 0.490 e. The Bertz CT molecular complexity index is 1300. The van der Waals surface area contributed by atoms with Crippen molar-refractivity contribution in [2.75, 3.05) is 13.7 Å². The van der Waals surface area contributed by atoms with E-state index in [0.29, 0.717) is 6.54 Å². The molecule has 1 amide bonds. The van der Waals surface area contributed by atoms with Crippen LogP contribution in [0.5, 0.6) is 5.75 Å². The van der Waals surface area contributed by atoms with Crippen LogP contribution in [0.2, 0.25) is 0 Å². The zero-order valence-electron chi connectivity index (χ0n) is 18.6. The Morgan fingerprint density at radius 3 is 2.57 bits per heavy atom. The number of carbonyl (C=O) groups is 2. The van der Waals surface area contributed by atoms with Gasteiger partial charge in [-0.1, -0.05) is 18.2 Å². The summed E-state index contributed by atoms with van der Waals surface area (Å²) in [5.41, 5.74) is 6.92. The third-order valence-corrected chi connectivity index (χ3v) is 5.59. The molecule has 35 heavy (non-hydrogen) atoms. The highest BCUT2D eigenvalue weighted by Crippen LogP contribution is 2.35. The fourth-order valence-electron chi connectivity index (χ4n) is 3.89. The standard InChI is InChI=1S/C22H20N4O2.C2HF3O2/c1-28-17-7-3-14(4-8-17)2-6-16-12-19-15(13-24-16)5-9-18-20(19)25-26-11-10-23-22(27)21(18)26;3-2(4,5)1(6)7/h2-4,6-8,12-13H,5,9-11H2,1H3,(H,23,27);(H,6,7)/b6-2+;. The summed E-state index contributed by atoms with van der Waals surface area (Å²) in [6, 6.07) is 9.96. The minimum absolute atomic E-state index is 0.0165. The molecule has 11 heteroatoms. The average molecular weight is 486 g/mol. The molecule has 3 heterocycles. The monoisotopic (exact) mass is 486 g/mol. The fraction of sp³-hybridized carbons (Fsp3) is 0.250. The van der Waals surface area contributed by atoms with Crippen molar-refractivity contribution in [3.8, 4) is 17.0 Å². The van der Waals surface area contributed by atoms with Crippen molar-refractivity contribution < 1.29 is 32.6 Å². The maximum atomic E-state index is 12.3. The van der Waals surface area contributed by atoms with Crippen LogP contribution >= 0.6 is 0 Å². The number of carboxylic acids is 1. The number of aliphatic carboxylic acids is 1. The van der Waals surface area contributed by atoms with Gasteiger partial charge in [0.25, 0.3) is 5.91 Å². The second-order valence-corrected chi connectivity index (χ2v) is 7.83. The highest BCUT2D eigenvalue weighted by Gasteiger charge is 2.38. The number of amides is 1. The number of aryl methyl sites for hydroxylation is 1. The summed E-state index contributed by atoms with van der Waals surface area (Å²) >= 11 is 0. The Kier molecular flexibility index (Phi) is 6.59. The van der Waals surface area contributed by atoms with E-state index in [0.717, 1.165) is 58.9 Å². The molecule has 1 aliphatic carbocycles. The number of aromatic nitrogens is 3. The lowest BCUT2D eigenvalue weighted by Crippen LogP contribution is -2.36. The summed E-state index contributed by atoms with van der Waals surface area (Å²) in [6.07, 6.45) is 2.59. The molecule has 0 radical (unpaired) electrons. The van der Waals surface area contributed by atoms with Crippen LogP contribution in [0.15, 0.2) is 36.5 Å². The second kappa shape index (κ2) is 9.61. The molecule has 0 saturated carbocycles. The summed E-state index contributed by atoms with van der Waals surface area (Å²) in [5.74, 6) is -1.94. The van der Waals surface area contributed by atoms with Gasteiger partial charge in [0, 0.05) is 23.9 Å². The SMILES string of the molecule is COc1ccc(/C=C/c2cc3c(cn2)CCc2c-3nn3c2C(=O)NCC3)cc1.O=C(O)C(F)(F)F. The highest BCUT2D eigenvalue weighted by molar-refractivity contribution is 5.97. The molecule has 1 aliphatic heterocycles. The number of nitrogens with one attached hydrogen (secondary N) is 1. The summed E-state index contributed by atoms with van der Waals surface area (Å²) in [5, 5.41) is 14.8. The van der Waals surface area contributed by atoms with Crippen molar-refractivity contribution in [1.29, 1.82) is 0 Å². The summed E-state index contributed by atoms with van der Waals surface area (Å²) in [7, 11) is 1.66. The van der Waals surface area contributed by atoms with Crippen molar-refractivity contribution in [1.82, 2.24) is 20.1 Å². The Labute approximate surface area is 198 Å². The number of alkyl halides is 3. The number of nitrogens with zero attached hydrogens (tertiary/aromatic N) is 3. The molecular weight excluding hydrogens is 465 g/mol. The van der Waals surface area contributed by atoms with Crippen LogP contribution in [0.1, 0.15) is 32.9 Å². The number of halogens is 3. The van der Waals surface area contributed by atoms with E-state index in [9.17, 15) is 18.0 Å². The predicted molar refractivity (Wildman–Crippen MR) is 121 cm³/mol. The number of pyridine rings is 1. The van der Waals surface area contributed by atoms with Gasteiger partial charge in [-0.2, -0.15) is 18.3 Å². The topological polar surface area (TPSA) is 106 Å². The molecule has 0 atom stereocenters. The molecule has 3 aromatic rings. The van der Waals surface area contributed by atoms with E-state index in [4.69, 9.17) is 19.7 Å². The number of methoxy groups -OCH3 is 1.